The highest BCUT2D eigenvalue weighted by atomic mass is 16.3. The molecular formula is C17H21N3O. The Kier molecular flexibility index (Phi) is 3.08. The van der Waals surface area contributed by atoms with Crippen molar-refractivity contribution in [2.45, 2.75) is 18.4 Å². The van der Waals surface area contributed by atoms with Gasteiger partial charge in [0, 0.05) is 42.8 Å². The summed E-state index contributed by atoms with van der Waals surface area (Å²) in [5.74, 6) is 0.312. The second-order valence-corrected chi connectivity index (χ2v) is 6.30. The van der Waals surface area contributed by atoms with E-state index in [0.717, 1.165) is 44.5 Å². The molecule has 2 N–H and O–H groups in total. The first-order valence-corrected chi connectivity index (χ1v) is 7.78. The predicted molar refractivity (Wildman–Crippen MR) is 84.5 cm³/mol. The second-order valence-electron chi connectivity index (χ2n) is 6.30. The molecule has 2 aliphatic heterocycles. The number of nitrogens with one attached hydrogen (secondary N) is 1. The topological polar surface area (TPSA) is 48.4 Å². The number of fused-ring (bicyclic) bond motifs is 2. The monoisotopic (exact) mass is 283 g/mol. The highest BCUT2D eigenvalue weighted by Crippen LogP contribution is 2.36. The average Bonchev–Trinajstić information content (AvgIpc) is 2.53. The van der Waals surface area contributed by atoms with Crippen molar-refractivity contribution >= 4 is 16.6 Å². The maximum atomic E-state index is 10.8. The van der Waals surface area contributed by atoms with Gasteiger partial charge in [0.2, 0.25) is 0 Å². The summed E-state index contributed by atoms with van der Waals surface area (Å²) in [6, 6.07) is 10.4. The van der Waals surface area contributed by atoms with Crippen LogP contribution in [0, 0.1) is 5.92 Å². The van der Waals surface area contributed by atoms with Crippen molar-refractivity contribution in [3.63, 3.8) is 0 Å². The summed E-state index contributed by atoms with van der Waals surface area (Å²) in [4.78, 5) is 6.86. The number of nitrogens with zero attached hydrogens (tertiary/aromatic N) is 2. The molecular weight excluding hydrogens is 262 g/mol. The van der Waals surface area contributed by atoms with Gasteiger partial charge in [-0.3, -0.25) is 4.98 Å². The number of hydrogen-bond acceptors (Lipinski definition) is 4. The largest absolute Gasteiger partial charge is 0.389 e. The Hall–Kier alpha value is -1.65. The minimum atomic E-state index is -0.468. The molecule has 0 bridgehead atoms. The van der Waals surface area contributed by atoms with Crippen molar-refractivity contribution < 1.29 is 5.11 Å². The first-order valence-electron chi connectivity index (χ1n) is 7.78. The van der Waals surface area contributed by atoms with Crippen molar-refractivity contribution in [2.75, 3.05) is 31.1 Å². The molecule has 0 saturated carbocycles. The van der Waals surface area contributed by atoms with E-state index in [1.54, 1.807) is 0 Å². The van der Waals surface area contributed by atoms with E-state index in [-0.39, 0.29) is 0 Å². The molecule has 4 heteroatoms. The maximum absolute atomic E-state index is 10.8. The van der Waals surface area contributed by atoms with Crippen LogP contribution in [-0.2, 0) is 0 Å². The Balaban J connectivity index is 1.67. The van der Waals surface area contributed by atoms with E-state index in [1.165, 1.54) is 11.1 Å². The molecule has 0 radical (unpaired) electrons. The van der Waals surface area contributed by atoms with E-state index in [4.69, 9.17) is 0 Å². The molecule has 0 spiro atoms. The van der Waals surface area contributed by atoms with E-state index in [9.17, 15) is 5.11 Å². The summed E-state index contributed by atoms with van der Waals surface area (Å²) in [5.41, 5.74) is 1.82. The SMILES string of the molecule is O[C@]12CCNC[C@H]1CN(c1ccnc3ccccc13)CC2. The van der Waals surface area contributed by atoms with Crippen molar-refractivity contribution in [1.82, 2.24) is 10.3 Å². The van der Waals surface area contributed by atoms with Gasteiger partial charge in [-0.15, -0.1) is 0 Å². The van der Waals surface area contributed by atoms with Crippen LogP contribution in [0.5, 0.6) is 0 Å². The zero-order valence-corrected chi connectivity index (χ0v) is 12.1. The number of anilines is 1. The first kappa shape index (κ1) is 13.0. The number of rotatable bonds is 1. The minimum absolute atomic E-state index is 0.312. The molecule has 1 aromatic carbocycles. The summed E-state index contributed by atoms with van der Waals surface area (Å²) >= 11 is 0. The van der Waals surface area contributed by atoms with Crippen molar-refractivity contribution in [2.24, 2.45) is 5.92 Å². The lowest BCUT2D eigenvalue weighted by Crippen LogP contribution is -2.59. The molecule has 2 saturated heterocycles. The fourth-order valence-corrected chi connectivity index (χ4v) is 3.80. The van der Waals surface area contributed by atoms with Crippen molar-refractivity contribution in [3.05, 3.63) is 36.5 Å². The second kappa shape index (κ2) is 4.97. The molecule has 0 unspecified atom stereocenters. The van der Waals surface area contributed by atoms with Crippen molar-refractivity contribution in [1.29, 1.82) is 0 Å². The first-order chi connectivity index (χ1) is 10.3. The standard InChI is InChI=1S/C17H21N3O/c21-17-6-9-18-11-13(17)12-20(10-7-17)16-5-8-19-15-4-2-1-3-14(15)16/h1-5,8,13,18,21H,6-7,9-12H2/t13-,17-/m0/s1. The molecule has 2 aromatic rings. The van der Waals surface area contributed by atoms with E-state index < -0.39 is 5.60 Å². The molecule has 3 heterocycles. The van der Waals surface area contributed by atoms with Gasteiger partial charge < -0.3 is 15.3 Å². The summed E-state index contributed by atoms with van der Waals surface area (Å²) in [6.45, 7) is 3.68. The Labute approximate surface area is 124 Å². The van der Waals surface area contributed by atoms with Gasteiger partial charge in [0.1, 0.15) is 0 Å². The van der Waals surface area contributed by atoms with Crippen LogP contribution in [0.3, 0.4) is 0 Å². The lowest BCUT2D eigenvalue weighted by molar-refractivity contribution is -0.0538. The van der Waals surface area contributed by atoms with Gasteiger partial charge in [0.25, 0.3) is 0 Å². The van der Waals surface area contributed by atoms with Crippen LogP contribution < -0.4 is 10.2 Å². The molecule has 21 heavy (non-hydrogen) atoms. The quantitative estimate of drug-likeness (QED) is 0.837. The summed E-state index contributed by atoms with van der Waals surface area (Å²) < 4.78 is 0. The third-order valence-electron chi connectivity index (χ3n) is 5.11. The number of para-hydroxylation sites is 1. The molecule has 2 aliphatic rings. The lowest BCUT2D eigenvalue weighted by Gasteiger charge is -2.48. The van der Waals surface area contributed by atoms with Gasteiger partial charge in [0.05, 0.1) is 11.1 Å². The number of hydrogen-bond donors (Lipinski definition) is 2. The molecule has 0 aliphatic carbocycles. The lowest BCUT2D eigenvalue weighted by atomic mass is 9.76. The van der Waals surface area contributed by atoms with Gasteiger partial charge in [-0.1, -0.05) is 18.2 Å². The summed E-state index contributed by atoms with van der Waals surface area (Å²) in [5, 5.41) is 15.4. The fraction of sp³-hybridized carbons (Fsp3) is 0.471. The highest BCUT2D eigenvalue weighted by molar-refractivity contribution is 5.91. The van der Waals surface area contributed by atoms with E-state index in [1.807, 2.05) is 12.3 Å². The Bertz CT molecular complexity index is 654. The summed E-state index contributed by atoms with van der Waals surface area (Å²) in [6.07, 6.45) is 3.62. The third kappa shape index (κ3) is 2.19. The van der Waals surface area contributed by atoms with Crippen LogP contribution >= 0.6 is 0 Å². The molecule has 2 atom stereocenters. The number of pyridine rings is 1. The third-order valence-corrected chi connectivity index (χ3v) is 5.11. The fourth-order valence-electron chi connectivity index (χ4n) is 3.80. The smallest absolute Gasteiger partial charge is 0.0733 e. The molecule has 4 rings (SSSR count). The van der Waals surface area contributed by atoms with Gasteiger partial charge >= 0.3 is 0 Å². The highest BCUT2D eigenvalue weighted by Gasteiger charge is 2.43. The average molecular weight is 283 g/mol. The van der Waals surface area contributed by atoms with Crippen LogP contribution in [0.2, 0.25) is 0 Å². The summed E-state index contributed by atoms with van der Waals surface area (Å²) in [7, 11) is 0. The van der Waals surface area contributed by atoms with Gasteiger partial charge in [-0.05, 0) is 31.5 Å². The number of piperidine rings is 2. The zero-order valence-electron chi connectivity index (χ0n) is 12.1. The van der Waals surface area contributed by atoms with Gasteiger partial charge in [0.15, 0.2) is 0 Å². The number of aromatic nitrogens is 1. The minimum Gasteiger partial charge on any atom is -0.389 e. The maximum Gasteiger partial charge on any atom is 0.0733 e. The Morgan fingerprint density at radius 3 is 3.10 bits per heavy atom. The van der Waals surface area contributed by atoms with Gasteiger partial charge in [-0.2, -0.15) is 0 Å². The molecule has 4 nitrogen and oxygen atoms in total. The normalized spacial score (nSPS) is 29.4. The molecule has 1 aromatic heterocycles. The number of aliphatic hydroxyl groups is 1. The van der Waals surface area contributed by atoms with E-state index >= 15 is 0 Å². The predicted octanol–water partition coefficient (Wildman–Crippen LogP) is 1.79. The van der Waals surface area contributed by atoms with E-state index in [2.05, 4.69) is 39.5 Å². The Morgan fingerprint density at radius 2 is 2.14 bits per heavy atom. The zero-order chi connectivity index (χ0) is 14.3. The van der Waals surface area contributed by atoms with Crippen LogP contribution in [0.15, 0.2) is 36.5 Å². The molecule has 110 valence electrons. The molecule has 2 fully saturated rings. The van der Waals surface area contributed by atoms with Crippen LogP contribution in [-0.4, -0.2) is 41.9 Å². The van der Waals surface area contributed by atoms with E-state index in [0.29, 0.717) is 5.92 Å². The van der Waals surface area contributed by atoms with Crippen molar-refractivity contribution in [3.8, 4) is 0 Å². The van der Waals surface area contributed by atoms with Gasteiger partial charge in [-0.25, -0.2) is 0 Å². The Morgan fingerprint density at radius 1 is 1.24 bits per heavy atom. The van der Waals surface area contributed by atoms with Crippen LogP contribution in [0.1, 0.15) is 12.8 Å². The van der Waals surface area contributed by atoms with Crippen LogP contribution in [0.25, 0.3) is 10.9 Å². The molecule has 0 amide bonds. The number of benzene rings is 1. The van der Waals surface area contributed by atoms with Crippen LogP contribution in [0.4, 0.5) is 5.69 Å².